The van der Waals surface area contributed by atoms with Crippen molar-refractivity contribution in [2.24, 2.45) is 0 Å². The van der Waals surface area contributed by atoms with E-state index in [1.54, 1.807) is 0 Å². The highest BCUT2D eigenvalue weighted by Crippen LogP contribution is 2.41. The van der Waals surface area contributed by atoms with Gasteiger partial charge in [0.25, 0.3) is 0 Å². The average Bonchev–Trinajstić information content (AvgIpc) is 3.00. The van der Waals surface area contributed by atoms with Crippen LogP contribution in [0.5, 0.6) is 0 Å². The summed E-state index contributed by atoms with van der Waals surface area (Å²) < 4.78 is 0. The van der Waals surface area contributed by atoms with Crippen LogP contribution in [0.25, 0.3) is 38.6 Å². The summed E-state index contributed by atoms with van der Waals surface area (Å²) in [5.41, 5.74) is 12.0. The number of fused-ring (bicyclic) bond motifs is 5. The number of anilines is 1. The monoisotopic (exact) mass is 501 g/mol. The van der Waals surface area contributed by atoms with Gasteiger partial charge in [0, 0.05) is 17.5 Å². The summed E-state index contributed by atoms with van der Waals surface area (Å²) in [7, 11) is 0. The predicted molar refractivity (Wildman–Crippen MR) is 169 cm³/mol. The van der Waals surface area contributed by atoms with E-state index in [0.717, 1.165) is 11.3 Å². The first-order chi connectivity index (χ1) is 19.2. The summed E-state index contributed by atoms with van der Waals surface area (Å²) in [5, 5.41) is 6.04. The molecular formula is C38H31N. The Morgan fingerprint density at radius 1 is 0.615 bits per heavy atom. The van der Waals surface area contributed by atoms with E-state index in [0.29, 0.717) is 0 Å². The summed E-state index contributed by atoms with van der Waals surface area (Å²) in [6.45, 7) is 4.29. The van der Waals surface area contributed by atoms with Crippen LogP contribution in [0.1, 0.15) is 25.0 Å². The topological polar surface area (TPSA) is 12.0 Å². The van der Waals surface area contributed by atoms with E-state index >= 15 is 0 Å². The highest BCUT2D eigenvalue weighted by atomic mass is 14.8. The van der Waals surface area contributed by atoms with Crippen LogP contribution in [-0.4, -0.2) is 0 Å². The van der Waals surface area contributed by atoms with E-state index in [2.05, 4.69) is 159 Å². The fraction of sp³-hybridized carbons (Fsp3) is 0.0526. The molecule has 0 saturated carbocycles. The maximum absolute atomic E-state index is 3.58. The van der Waals surface area contributed by atoms with Gasteiger partial charge in [-0.3, -0.25) is 0 Å². The first-order valence-electron chi connectivity index (χ1n) is 13.4. The normalized spacial score (nSPS) is 16.3. The van der Waals surface area contributed by atoms with E-state index in [1.807, 2.05) is 6.20 Å². The fourth-order valence-electron chi connectivity index (χ4n) is 5.34. The number of allylic oxidation sites excluding steroid dienone is 6. The Morgan fingerprint density at radius 3 is 2.08 bits per heavy atom. The molecule has 0 aromatic heterocycles. The van der Waals surface area contributed by atoms with Crippen LogP contribution in [-0.2, 0) is 0 Å². The molecule has 0 spiro atoms. The van der Waals surface area contributed by atoms with Gasteiger partial charge in [-0.05, 0) is 81.8 Å². The predicted octanol–water partition coefficient (Wildman–Crippen LogP) is 10.4. The molecule has 1 N–H and O–H groups in total. The SMILES string of the molecule is CC(C)=CC1=C/C=C/Nc2ccc3ccccc3c2-c2ccccc2\C(c2ccc(-c3ccccc3)cc2)=C\1. The molecule has 1 heterocycles. The summed E-state index contributed by atoms with van der Waals surface area (Å²) in [5.74, 6) is 0. The minimum absolute atomic E-state index is 1.09. The Morgan fingerprint density at radius 2 is 1.28 bits per heavy atom. The van der Waals surface area contributed by atoms with Crippen LogP contribution in [0.15, 0.2) is 157 Å². The van der Waals surface area contributed by atoms with Gasteiger partial charge in [-0.1, -0.05) is 127 Å². The zero-order chi connectivity index (χ0) is 26.6. The second-order valence-corrected chi connectivity index (χ2v) is 10.1. The highest BCUT2D eigenvalue weighted by Gasteiger charge is 2.17. The van der Waals surface area contributed by atoms with Crippen LogP contribution in [0.3, 0.4) is 0 Å². The lowest BCUT2D eigenvalue weighted by Crippen LogP contribution is -1.97. The summed E-state index contributed by atoms with van der Waals surface area (Å²) in [6, 6.07) is 41.3. The van der Waals surface area contributed by atoms with Crippen molar-refractivity contribution in [3.8, 4) is 22.3 Å². The lowest BCUT2D eigenvalue weighted by molar-refractivity contribution is 1.37. The minimum atomic E-state index is 1.09. The Labute approximate surface area is 231 Å². The molecule has 1 nitrogen and oxygen atoms in total. The van der Waals surface area contributed by atoms with Crippen LogP contribution in [0, 0.1) is 0 Å². The molecule has 0 bridgehead atoms. The van der Waals surface area contributed by atoms with Gasteiger partial charge in [-0.25, -0.2) is 0 Å². The van der Waals surface area contributed by atoms with Gasteiger partial charge in [-0.2, -0.15) is 0 Å². The molecule has 39 heavy (non-hydrogen) atoms. The van der Waals surface area contributed by atoms with Crippen molar-refractivity contribution >= 4 is 22.0 Å². The van der Waals surface area contributed by atoms with Gasteiger partial charge in [0.15, 0.2) is 0 Å². The molecule has 5 aromatic rings. The largest absolute Gasteiger partial charge is 0.361 e. The Balaban J connectivity index is 1.62. The van der Waals surface area contributed by atoms with E-state index in [-0.39, 0.29) is 0 Å². The van der Waals surface area contributed by atoms with E-state index < -0.39 is 0 Å². The number of hydrogen-bond acceptors (Lipinski definition) is 1. The van der Waals surface area contributed by atoms with Crippen LogP contribution >= 0.6 is 0 Å². The Bertz CT molecular complexity index is 1760. The first-order valence-corrected chi connectivity index (χ1v) is 13.4. The number of nitrogens with one attached hydrogen (secondary N) is 1. The van der Waals surface area contributed by atoms with Crippen molar-refractivity contribution in [1.82, 2.24) is 0 Å². The third-order valence-corrected chi connectivity index (χ3v) is 7.11. The molecule has 0 unspecified atom stereocenters. The van der Waals surface area contributed by atoms with Crippen LogP contribution < -0.4 is 5.32 Å². The lowest BCUT2D eigenvalue weighted by atomic mass is 9.86. The van der Waals surface area contributed by atoms with Gasteiger partial charge >= 0.3 is 0 Å². The smallest absolute Gasteiger partial charge is 0.0466 e. The van der Waals surface area contributed by atoms with E-state index in [1.165, 1.54) is 55.3 Å². The minimum Gasteiger partial charge on any atom is -0.361 e. The average molecular weight is 502 g/mol. The molecule has 0 atom stereocenters. The Hall–Kier alpha value is -4.88. The molecule has 0 aliphatic carbocycles. The zero-order valence-electron chi connectivity index (χ0n) is 22.4. The molecule has 5 aromatic carbocycles. The zero-order valence-corrected chi connectivity index (χ0v) is 22.4. The quantitative estimate of drug-likeness (QED) is 0.259. The second-order valence-electron chi connectivity index (χ2n) is 10.1. The van der Waals surface area contributed by atoms with Gasteiger partial charge in [0.2, 0.25) is 0 Å². The third kappa shape index (κ3) is 5.12. The van der Waals surface area contributed by atoms with Crippen molar-refractivity contribution < 1.29 is 0 Å². The first kappa shape index (κ1) is 24.5. The Kier molecular flexibility index (Phi) is 6.80. The van der Waals surface area contributed by atoms with E-state index in [4.69, 9.17) is 0 Å². The molecule has 1 aliphatic rings. The van der Waals surface area contributed by atoms with Gasteiger partial charge in [0.05, 0.1) is 0 Å². The maximum Gasteiger partial charge on any atom is 0.0466 e. The highest BCUT2D eigenvalue weighted by molar-refractivity contribution is 6.06. The molecule has 0 amide bonds. The fourth-order valence-corrected chi connectivity index (χ4v) is 5.34. The molecule has 188 valence electrons. The summed E-state index contributed by atoms with van der Waals surface area (Å²) in [4.78, 5) is 0. The standard InChI is InChI=1S/C38H31N/c1-27(2)25-28-11-10-24-39-37-23-22-31-14-6-7-15-33(31)38(37)35-17-9-8-16-34(35)36(26-28)32-20-18-30(19-21-32)29-12-4-3-5-13-29/h3-26,39H,1-2H3/b24-10+,28-11-,36-26+. The lowest BCUT2D eigenvalue weighted by Gasteiger charge is -2.19. The second kappa shape index (κ2) is 10.8. The molecular weight excluding hydrogens is 470 g/mol. The van der Waals surface area contributed by atoms with Gasteiger partial charge in [-0.15, -0.1) is 0 Å². The number of hydrogen-bond donors (Lipinski definition) is 1. The molecule has 0 fully saturated rings. The molecule has 0 radical (unpaired) electrons. The van der Waals surface area contributed by atoms with E-state index in [9.17, 15) is 0 Å². The van der Waals surface area contributed by atoms with Crippen molar-refractivity contribution in [2.75, 3.05) is 5.32 Å². The molecule has 0 saturated heterocycles. The summed E-state index contributed by atoms with van der Waals surface area (Å²) in [6.07, 6.45) is 10.9. The molecule has 1 heteroatoms. The van der Waals surface area contributed by atoms with Crippen molar-refractivity contribution in [3.63, 3.8) is 0 Å². The van der Waals surface area contributed by atoms with Crippen LogP contribution in [0.2, 0.25) is 0 Å². The van der Waals surface area contributed by atoms with Gasteiger partial charge in [0.1, 0.15) is 0 Å². The summed E-state index contributed by atoms with van der Waals surface area (Å²) >= 11 is 0. The van der Waals surface area contributed by atoms with Crippen molar-refractivity contribution in [1.29, 1.82) is 0 Å². The number of benzene rings is 5. The number of rotatable bonds is 3. The van der Waals surface area contributed by atoms with Crippen LogP contribution in [0.4, 0.5) is 5.69 Å². The third-order valence-electron chi connectivity index (χ3n) is 7.11. The van der Waals surface area contributed by atoms with Crippen molar-refractivity contribution in [3.05, 3.63) is 168 Å². The van der Waals surface area contributed by atoms with Gasteiger partial charge < -0.3 is 5.32 Å². The molecule has 6 rings (SSSR count). The van der Waals surface area contributed by atoms with Crippen molar-refractivity contribution in [2.45, 2.75) is 13.8 Å². The maximum atomic E-state index is 3.58. The molecule has 1 aliphatic heterocycles.